The van der Waals surface area contributed by atoms with Gasteiger partial charge in [0.25, 0.3) is 0 Å². The number of hydrogen-bond acceptors (Lipinski definition) is 3. The molecular weight excluding hydrogens is 425 g/mol. The molecule has 1 saturated carbocycles. The van der Waals surface area contributed by atoms with Crippen molar-refractivity contribution in [2.24, 2.45) is 16.3 Å². The number of guanidine groups is 1. The topological polar surface area (TPSA) is 70.6 Å². The van der Waals surface area contributed by atoms with E-state index in [9.17, 15) is 8.42 Å². The molecule has 0 bridgehead atoms. The zero-order chi connectivity index (χ0) is 16.8. The second-order valence-corrected chi connectivity index (χ2v) is 9.84. The average Bonchev–Trinajstić information content (AvgIpc) is 2.41. The lowest BCUT2D eigenvalue weighted by Gasteiger charge is -2.30. The molecule has 1 fully saturated rings. The van der Waals surface area contributed by atoms with Gasteiger partial charge in [-0.1, -0.05) is 33.6 Å². The van der Waals surface area contributed by atoms with Crippen LogP contribution in [0.3, 0.4) is 0 Å². The van der Waals surface area contributed by atoms with Crippen LogP contribution in [0.15, 0.2) is 4.99 Å². The molecule has 0 heterocycles. The summed E-state index contributed by atoms with van der Waals surface area (Å²) >= 11 is 0. The van der Waals surface area contributed by atoms with Crippen molar-refractivity contribution in [1.29, 1.82) is 0 Å². The molecule has 0 spiro atoms. The number of nitrogens with one attached hydrogen (secondary N) is 2. The van der Waals surface area contributed by atoms with Gasteiger partial charge in [-0.05, 0) is 30.6 Å². The molecule has 2 N–H and O–H groups in total. The third kappa shape index (κ3) is 10.4. The van der Waals surface area contributed by atoms with Crippen molar-refractivity contribution in [1.82, 2.24) is 10.6 Å². The molecule has 7 heteroatoms. The van der Waals surface area contributed by atoms with Crippen molar-refractivity contribution in [3.05, 3.63) is 0 Å². The second kappa shape index (κ2) is 10.1. The van der Waals surface area contributed by atoms with Crippen molar-refractivity contribution in [2.75, 3.05) is 25.6 Å². The fraction of sp³-hybridized carbons (Fsp3) is 0.938. The van der Waals surface area contributed by atoms with Gasteiger partial charge in [-0.2, -0.15) is 0 Å². The maximum Gasteiger partial charge on any atom is 0.191 e. The molecule has 1 aliphatic carbocycles. The van der Waals surface area contributed by atoms with E-state index in [1.165, 1.54) is 31.9 Å². The molecule has 2 atom stereocenters. The van der Waals surface area contributed by atoms with E-state index >= 15 is 0 Å². The summed E-state index contributed by atoms with van der Waals surface area (Å²) in [5, 5.41) is 6.85. The highest BCUT2D eigenvalue weighted by molar-refractivity contribution is 14.0. The van der Waals surface area contributed by atoms with E-state index in [1.54, 1.807) is 7.05 Å². The van der Waals surface area contributed by atoms with Crippen molar-refractivity contribution in [3.8, 4) is 0 Å². The Bertz CT molecular complexity index is 478. The quantitative estimate of drug-likeness (QED) is 0.364. The van der Waals surface area contributed by atoms with Gasteiger partial charge in [0.05, 0.1) is 5.75 Å². The van der Waals surface area contributed by atoms with E-state index < -0.39 is 9.84 Å². The SMILES string of the molecule is CN=C(NCC(C)(C)CCS(C)(=O)=O)NC1CCCC(C)C1.I. The Balaban J connectivity index is 0.00000484. The molecule has 138 valence electrons. The molecule has 0 saturated heterocycles. The number of aliphatic imine (C=N–C) groups is 1. The third-order valence-corrected chi connectivity index (χ3v) is 5.33. The molecule has 1 rings (SSSR count). The molecule has 1 aliphatic rings. The first-order chi connectivity index (χ1) is 10.1. The maximum absolute atomic E-state index is 11.3. The minimum atomic E-state index is -2.90. The second-order valence-electron chi connectivity index (χ2n) is 7.58. The van der Waals surface area contributed by atoms with E-state index in [0.29, 0.717) is 19.0 Å². The summed E-state index contributed by atoms with van der Waals surface area (Å²) in [5.74, 6) is 1.83. The van der Waals surface area contributed by atoms with Crippen LogP contribution in [0.5, 0.6) is 0 Å². The number of sulfone groups is 1. The predicted octanol–water partition coefficient (Wildman–Crippen LogP) is 2.81. The third-order valence-electron chi connectivity index (χ3n) is 4.38. The molecule has 0 radical (unpaired) electrons. The van der Waals surface area contributed by atoms with Crippen molar-refractivity contribution >= 4 is 39.8 Å². The highest BCUT2D eigenvalue weighted by Gasteiger charge is 2.22. The Labute approximate surface area is 159 Å². The highest BCUT2D eigenvalue weighted by atomic mass is 127. The molecular formula is C16H34IN3O2S. The molecule has 23 heavy (non-hydrogen) atoms. The van der Waals surface area contributed by atoms with Crippen LogP contribution in [0.1, 0.15) is 52.9 Å². The molecule has 0 aromatic heterocycles. The van der Waals surface area contributed by atoms with E-state index in [-0.39, 0.29) is 35.1 Å². The number of halogens is 1. The largest absolute Gasteiger partial charge is 0.356 e. The lowest BCUT2D eigenvalue weighted by atomic mass is 9.87. The summed E-state index contributed by atoms with van der Waals surface area (Å²) in [6.45, 7) is 7.19. The highest BCUT2D eigenvalue weighted by Crippen LogP contribution is 2.23. The summed E-state index contributed by atoms with van der Waals surface area (Å²) in [4.78, 5) is 4.30. The zero-order valence-electron chi connectivity index (χ0n) is 15.2. The first-order valence-corrected chi connectivity index (χ1v) is 10.3. The molecule has 0 amide bonds. The summed E-state index contributed by atoms with van der Waals surface area (Å²) in [6, 6.07) is 0.495. The molecule has 0 aliphatic heterocycles. The van der Waals surface area contributed by atoms with E-state index in [2.05, 4.69) is 36.4 Å². The van der Waals surface area contributed by atoms with Gasteiger partial charge in [-0.25, -0.2) is 8.42 Å². The number of nitrogens with zero attached hydrogens (tertiary/aromatic N) is 1. The van der Waals surface area contributed by atoms with Gasteiger partial charge in [0, 0.05) is 25.9 Å². The Morgan fingerprint density at radius 3 is 2.48 bits per heavy atom. The van der Waals surface area contributed by atoms with Gasteiger partial charge in [0.15, 0.2) is 5.96 Å². The number of hydrogen-bond donors (Lipinski definition) is 2. The van der Waals surface area contributed by atoms with Crippen LogP contribution in [0, 0.1) is 11.3 Å². The Morgan fingerprint density at radius 1 is 1.30 bits per heavy atom. The fourth-order valence-electron chi connectivity index (χ4n) is 2.83. The van der Waals surface area contributed by atoms with Crippen molar-refractivity contribution in [2.45, 2.75) is 58.9 Å². The monoisotopic (exact) mass is 459 g/mol. The Hall–Kier alpha value is -0.0500. The van der Waals surface area contributed by atoms with Crippen molar-refractivity contribution < 1.29 is 8.42 Å². The average molecular weight is 459 g/mol. The van der Waals surface area contributed by atoms with Crippen LogP contribution < -0.4 is 10.6 Å². The summed E-state index contributed by atoms with van der Waals surface area (Å²) < 4.78 is 22.6. The van der Waals surface area contributed by atoms with Crippen LogP contribution >= 0.6 is 24.0 Å². The van der Waals surface area contributed by atoms with Gasteiger partial charge in [-0.3, -0.25) is 4.99 Å². The minimum absolute atomic E-state index is 0. The molecule has 0 aromatic rings. The summed E-state index contributed by atoms with van der Waals surface area (Å²) in [5.41, 5.74) is -0.0828. The van der Waals surface area contributed by atoms with Crippen LogP contribution in [0.2, 0.25) is 0 Å². The van der Waals surface area contributed by atoms with Gasteiger partial charge < -0.3 is 10.6 Å². The van der Waals surface area contributed by atoms with Crippen LogP contribution in [-0.4, -0.2) is 46.0 Å². The zero-order valence-corrected chi connectivity index (χ0v) is 18.3. The smallest absolute Gasteiger partial charge is 0.191 e. The standard InChI is InChI=1S/C16H33N3O2S.HI/c1-13-7-6-8-14(11-13)19-15(17-4)18-12-16(2,3)9-10-22(5,20)21;/h13-14H,6-12H2,1-5H3,(H2,17,18,19);1H. The maximum atomic E-state index is 11.3. The molecule has 2 unspecified atom stereocenters. The minimum Gasteiger partial charge on any atom is -0.356 e. The Kier molecular flexibility index (Phi) is 10.0. The van der Waals surface area contributed by atoms with Crippen LogP contribution in [0.4, 0.5) is 0 Å². The normalized spacial score (nSPS) is 23.1. The van der Waals surface area contributed by atoms with Gasteiger partial charge in [0.1, 0.15) is 9.84 Å². The predicted molar refractivity (Wildman–Crippen MR) is 109 cm³/mol. The first kappa shape index (κ1) is 22.9. The van der Waals surface area contributed by atoms with E-state index in [1.807, 2.05) is 0 Å². The summed E-state index contributed by atoms with van der Waals surface area (Å²) in [6.07, 6.45) is 6.93. The van der Waals surface area contributed by atoms with Gasteiger partial charge in [-0.15, -0.1) is 24.0 Å². The van der Waals surface area contributed by atoms with E-state index in [4.69, 9.17) is 0 Å². The van der Waals surface area contributed by atoms with Crippen LogP contribution in [0.25, 0.3) is 0 Å². The molecule has 0 aromatic carbocycles. The first-order valence-electron chi connectivity index (χ1n) is 8.26. The van der Waals surface area contributed by atoms with Gasteiger partial charge >= 0.3 is 0 Å². The van der Waals surface area contributed by atoms with Crippen molar-refractivity contribution in [3.63, 3.8) is 0 Å². The lowest BCUT2D eigenvalue weighted by Crippen LogP contribution is -2.47. The lowest BCUT2D eigenvalue weighted by molar-refractivity contribution is 0.319. The number of rotatable bonds is 6. The molecule has 5 nitrogen and oxygen atoms in total. The van der Waals surface area contributed by atoms with Crippen LogP contribution in [-0.2, 0) is 9.84 Å². The summed E-state index contributed by atoms with van der Waals surface area (Å²) in [7, 11) is -1.12. The van der Waals surface area contributed by atoms with Gasteiger partial charge in [0.2, 0.25) is 0 Å². The Morgan fingerprint density at radius 2 is 1.96 bits per heavy atom. The van der Waals surface area contributed by atoms with E-state index in [0.717, 1.165) is 11.9 Å². The fourth-order valence-corrected chi connectivity index (χ4v) is 3.75.